The number of nitro groups is 1. The van der Waals surface area contributed by atoms with Gasteiger partial charge in [0.1, 0.15) is 6.42 Å². The zero-order valence-electron chi connectivity index (χ0n) is 8.04. The number of rotatable bonds is 4. The van der Waals surface area contributed by atoms with Crippen molar-refractivity contribution in [2.24, 2.45) is 0 Å². The van der Waals surface area contributed by atoms with Crippen molar-refractivity contribution in [1.29, 1.82) is 0 Å². The van der Waals surface area contributed by atoms with E-state index >= 15 is 0 Å². The first-order valence-electron chi connectivity index (χ1n) is 4.25. The summed E-state index contributed by atoms with van der Waals surface area (Å²) in [6.45, 7) is 0. The molecule has 1 rings (SSSR count). The standard InChI is InChI=1S/C9H8N2O5/c12-8(5-9(13)14)10-6-1-3-7(4-2-6)11(15)16/h1-4H,5H2,(H,10,12)(H,13,14). The monoisotopic (exact) mass is 224 g/mol. The number of non-ortho nitro benzene ring substituents is 1. The van der Waals surface area contributed by atoms with Gasteiger partial charge in [-0.05, 0) is 12.1 Å². The van der Waals surface area contributed by atoms with Gasteiger partial charge in [-0.1, -0.05) is 0 Å². The van der Waals surface area contributed by atoms with Crippen LogP contribution in [0.25, 0.3) is 0 Å². The highest BCUT2D eigenvalue weighted by molar-refractivity contribution is 6.01. The van der Waals surface area contributed by atoms with Crippen LogP contribution < -0.4 is 5.32 Å². The predicted molar refractivity (Wildman–Crippen MR) is 54.0 cm³/mol. The van der Waals surface area contributed by atoms with E-state index in [-0.39, 0.29) is 5.69 Å². The molecule has 0 bridgehead atoms. The third-order valence-corrected chi connectivity index (χ3v) is 1.67. The maximum Gasteiger partial charge on any atom is 0.312 e. The van der Waals surface area contributed by atoms with E-state index in [2.05, 4.69) is 5.32 Å². The molecule has 0 fully saturated rings. The number of nitrogens with zero attached hydrogens (tertiary/aromatic N) is 1. The van der Waals surface area contributed by atoms with Gasteiger partial charge in [-0.3, -0.25) is 19.7 Å². The molecular weight excluding hydrogens is 216 g/mol. The van der Waals surface area contributed by atoms with Crippen molar-refractivity contribution < 1.29 is 19.6 Å². The molecule has 0 aliphatic rings. The minimum absolute atomic E-state index is 0.101. The number of hydrogen-bond acceptors (Lipinski definition) is 4. The normalized spacial score (nSPS) is 9.50. The van der Waals surface area contributed by atoms with Crippen LogP contribution in [-0.4, -0.2) is 21.9 Å². The number of hydrogen-bond donors (Lipinski definition) is 2. The number of anilines is 1. The molecule has 1 aromatic rings. The zero-order valence-corrected chi connectivity index (χ0v) is 8.04. The molecule has 0 spiro atoms. The Morgan fingerprint density at radius 3 is 2.31 bits per heavy atom. The number of carboxylic acids is 1. The molecule has 0 atom stereocenters. The van der Waals surface area contributed by atoms with Crippen molar-refractivity contribution in [3.05, 3.63) is 34.4 Å². The third kappa shape index (κ3) is 3.37. The Bertz CT molecular complexity index is 426. The molecule has 0 aliphatic heterocycles. The molecule has 0 radical (unpaired) electrons. The van der Waals surface area contributed by atoms with Gasteiger partial charge in [-0.2, -0.15) is 0 Å². The molecule has 7 nitrogen and oxygen atoms in total. The highest BCUT2D eigenvalue weighted by Gasteiger charge is 2.09. The van der Waals surface area contributed by atoms with Crippen LogP contribution in [0.4, 0.5) is 11.4 Å². The Labute approximate surface area is 89.8 Å². The summed E-state index contributed by atoms with van der Waals surface area (Å²) < 4.78 is 0. The third-order valence-electron chi connectivity index (χ3n) is 1.67. The summed E-state index contributed by atoms with van der Waals surface area (Å²) in [5.41, 5.74) is 0.216. The van der Waals surface area contributed by atoms with Crippen LogP contribution in [-0.2, 0) is 9.59 Å². The van der Waals surface area contributed by atoms with Gasteiger partial charge in [0.2, 0.25) is 5.91 Å². The van der Waals surface area contributed by atoms with Crippen LogP contribution >= 0.6 is 0 Å². The minimum Gasteiger partial charge on any atom is -0.481 e. The highest BCUT2D eigenvalue weighted by atomic mass is 16.6. The quantitative estimate of drug-likeness (QED) is 0.450. The summed E-state index contributed by atoms with van der Waals surface area (Å²) in [5.74, 6) is -1.92. The smallest absolute Gasteiger partial charge is 0.312 e. The fraction of sp³-hybridized carbons (Fsp3) is 0.111. The van der Waals surface area contributed by atoms with Crippen LogP contribution in [0.2, 0.25) is 0 Å². The van der Waals surface area contributed by atoms with Crippen molar-refractivity contribution in [2.45, 2.75) is 6.42 Å². The zero-order chi connectivity index (χ0) is 12.1. The Morgan fingerprint density at radius 1 is 1.31 bits per heavy atom. The lowest BCUT2D eigenvalue weighted by molar-refractivity contribution is -0.384. The van der Waals surface area contributed by atoms with Crippen LogP contribution in [0.1, 0.15) is 6.42 Å². The summed E-state index contributed by atoms with van der Waals surface area (Å²) in [5, 5.41) is 20.9. The van der Waals surface area contributed by atoms with Crippen LogP contribution in [0.3, 0.4) is 0 Å². The van der Waals surface area contributed by atoms with Gasteiger partial charge in [0, 0.05) is 17.8 Å². The Balaban J connectivity index is 2.65. The maximum absolute atomic E-state index is 11.0. The molecule has 0 aliphatic carbocycles. The summed E-state index contributed by atoms with van der Waals surface area (Å²) in [7, 11) is 0. The average Bonchev–Trinajstić information content (AvgIpc) is 2.16. The van der Waals surface area contributed by atoms with Crippen LogP contribution in [0.15, 0.2) is 24.3 Å². The molecule has 0 aromatic heterocycles. The number of nitro benzene ring substituents is 1. The highest BCUT2D eigenvalue weighted by Crippen LogP contribution is 2.15. The molecular formula is C9H8N2O5. The van der Waals surface area contributed by atoms with Gasteiger partial charge < -0.3 is 10.4 Å². The molecule has 0 saturated heterocycles. The van der Waals surface area contributed by atoms with Crippen molar-refractivity contribution >= 4 is 23.3 Å². The average molecular weight is 224 g/mol. The molecule has 84 valence electrons. The minimum atomic E-state index is -1.24. The molecule has 7 heteroatoms. The van der Waals surface area contributed by atoms with Gasteiger partial charge in [0.15, 0.2) is 0 Å². The second-order valence-electron chi connectivity index (χ2n) is 2.92. The number of aliphatic carboxylic acids is 1. The summed E-state index contributed by atoms with van der Waals surface area (Å²) in [6, 6.07) is 5.10. The molecule has 1 amide bonds. The number of carbonyl (C=O) groups is 2. The molecule has 2 N–H and O–H groups in total. The van der Waals surface area contributed by atoms with Crippen LogP contribution in [0.5, 0.6) is 0 Å². The van der Waals surface area contributed by atoms with Crippen LogP contribution in [0, 0.1) is 10.1 Å². The number of benzene rings is 1. The number of carboxylic acid groups (broad SMARTS) is 1. The molecule has 1 aromatic carbocycles. The topological polar surface area (TPSA) is 110 Å². The van der Waals surface area contributed by atoms with E-state index in [0.29, 0.717) is 5.69 Å². The first kappa shape index (κ1) is 11.6. The second-order valence-corrected chi connectivity index (χ2v) is 2.92. The summed E-state index contributed by atoms with van der Waals surface area (Å²) >= 11 is 0. The summed E-state index contributed by atoms with van der Waals surface area (Å²) in [4.78, 5) is 31.0. The fourth-order valence-electron chi connectivity index (χ4n) is 1.01. The van der Waals surface area contributed by atoms with E-state index in [0.717, 1.165) is 0 Å². The van der Waals surface area contributed by atoms with Gasteiger partial charge in [-0.15, -0.1) is 0 Å². The van der Waals surface area contributed by atoms with Crippen molar-refractivity contribution in [3.63, 3.8) is 0 Å². The van der Waals surface area contributed by atoms with Crippen molar-refractivity contribution in [1.82, 2.24) is 0 Å². The summed E-state index contributed by atoms with van der Waals surface area (Å²) in [6.07, 6.45) is -0.642. The fourth-order valence-corrected chi connectivity index (χ4v) is 1.01. The maximum atomic E-state index is 11.0. The Morgan fingerprint density at radius 2 is 1.88 bits per heavy atom. The van der Waals surface area contributed by atoms with Crippen molar-refractivity contribution in [3.8, 4) is 0 Å². The largest absolute Gasteiger partial charge is 0.481 e. The first-order valence-corrected chi connectivity index (χ1v) is 4.25. The number of amides is 1. The van der Waals surface area contributed by atoms with Gasteiger partial charge in [0.25, 0.3) is 5.69 Å². The van der Waals surface area contributed by atoms with E-state index in [4.69, 9.17) is 5.11 Å². The Kier molecular flexibility index (Phi) is 3.54. The first-order chi connectivity index (χ1) is 7.49. The SMILES string of the molecule is O=C(O)CC(=O)Nc1ccc([N+](=O)[O-])cc1. The molecule has 0 saturated carbocycles. The van der Waals surface area contributed by atoms with Gasteiger partial charge >= 0.3 is 5.97 Å². The molecule has 0 heterocycles. The van der Waals surface area contributed by atoms with E-state index in [1.165, 1.54) is 24.3 Å². The number of nitrogens with one attached hydrogen (secondary N) is 1. The van der Waals surface area contributed by atoms with Crippen molar-refractivity contribution in [2.75, 3.05) is 5.32 Å². The lowest BCUT2D eigenvalue weighted by Crippen LogP contribution is -2.15. The van der Waals surface area contributed by atoms with Gasteiger partial charge in [0.05, 0.1) is 4.92 Å². The Hall–Kier alpha value is -2.44. The second kappa shape index (κ2) is 4.87. The van der Waals surface area contributed by atoms with Gasteiger partial charge in [-0.25, -0.2) is 0 Å². The lowest BCUT2D eigenvalue weighted by atomic mass is 10.3. The predicted octanol–water partition coefficient (Wildman–Crippen LogP) is 1.01. The number of carbonyl (C=O) groups excluding carboxylic acids is 1. The van der Waals surface area contributed by atoms with E-state index in [1.54, 1.807) is 0 Å². The molecule has 16 heavy (non-hydrogen) atoms. The van der Waals surface area contributed by atoms with E-state index in [9.17, 15) is 19.7 Å². The molecule has 0 unspecified atom stereocenters. The van der Waals surface area contributed by atoms with E-state index < -0.39 is 23.2 Å². The van der Waals surface area contributed by atoms with E-state index in [1.807, 2.05) is 0 Å². The lowest BCUT2D eigenvalue weighted by Gasteiger charge is -2.02.